The van der Waals surface area contributed by atoms with Crippen molar-refractivity contribution in [2.45, 2.75) is 92.9 Å². The minimum Gasteiger partial charge on any atom is -0.508 e. The Labute approximate surface area is 293 Å². The number of aliphatic hydroxyl groups excluding tert-OH is 7. The smallest absolute Gasteiger partial charge is 0.239 e. The second-order valence-corrected chi connectivity index (χ2v) is 12.8. The lowest BCUT2D eigenvalue weighted by Crippen LogP contribution is -2.65. The third-order valence-corrected chi connectivity index (χ3v) is 9.24. The van der Waals surface area contributed by atoms with Gasteiger partial charge in [0, 0.05) is 24.1 Å². The Kier molecular flexibility index (Phi) is 11.0. The third kappa shape index (κ3) is 7.16. The number of fused-ring (bicyclic) bond motifs is 1. The Bertz CT molecular complexity index is 1770. The van der Waals surface area contributed by atoms with Crippen molar-refractivity contribution in [1.29, 1.82) is 0 Å². The van der Waals surface area contributed by atoms with E-state index in [2.05, 4.69) is 0 Å². The van der Waals surface area contributed by atoms with Gasteiger partial charge >= 0.3 is 0 Å². The largest absolute Gasteiger partial charge is 0.508 e. The first-order valence-electron chi connectivity index (χ1n) is 16.1. The van der Waals surface area contributed by atoms with Gasteiger partial charge in [-0.05, 0) is 31.2 Å². The van der Waals surface area contributed by atoms with Crippen molar-refractivity contribution in [3.05, 3.63) is 46.6 Å². The first kappa shape index (κ1) is 38.1. The monoisotopic (exact) mass is 740 g/mol. The maximum Gasteiger partial charge on any atom is 0.239 e. The summed E-state index contributed by atoms with van der Waals surface area (Å²) in [6.07, 6.45) is -20.6. The zero-order valence-electron chi connectivity index (χ0n) is 27.7. The molecule has 0 bridgehead atoms. The van der Waals surface area contributed by atoms with Crippen molar-refractivity contribution in [2.75, 3.05) is 20.3 Å². The molecule has 10 N–H and O–H groups in total. The van der Waals surface area contributed by atoms with Crippen LogP contribution in [0.15, 0.2) is 45.6 Å². The molecule has 0 saturated carbocycles. The molecule has 3 aromatic rings. The van der Waals surface area contributed by atoms with E-state index in [-0.39, 0.29) is 33.8 Å². The first-order chi connectivity index (χ1) is 24.6. The van der Waals surface area contributed by atoms with Crippen LogP contribution >= 0.6 is 0 Å². The molecule has 286 valence electrons. The number of hydrogen-bond acceptors (Lipinski definition) is 19. The van der Waals surface area contributed by atoms with E-state index in [1.165, 1.54) is 44.4 Å². The summed E-state index contributed by atoms with van der Waals surface area (Å²) in [6.45, 7) is -0.111. The highest BCUT2D eigenvalue weighted by atomic mass is 16.8. The van der Waals surface area contributed by atoms with Crippen molar-refractivity contribution in [1.82, 2.24) is 0 Å². The van der Waals surface area contributed by atoms with Gasteiger partial charge in [-0.2, -0.15) is 0 Å². The molecule has 3 aliphatic rings. The average molecular weight is 741 g/mol. The van der Waals surface area contributed by atoms with E-state index in [0.717, 1.165) is 6.07 Å². The number of aliphatic hydroxyl groups is 8. The van der Waals surface area contributed by atoms with Gasteiger partial charge in [-0.3, -0.25) is 4.79 Å². The zero-order valence-corrected chi connectivity index (χ0v) is 27.7. The van der Waals surface area contributed by atoms with Gasteiger partial charge in [-0.15, -0.1) is 0 Å². The van der Waals surface area contributed by atoms with Gasteiger partial charge in [0.2, 0.25) is 11.2 Å². The van der Waals surface area contributed by atoms with Crippen LogP contribution in [-0.2, 0) is 23.7 Å². The quantitative estimate of drug-likeness (QED) is 0.105. The molecule has 0 amide bonds. The second-order valence-electron chi connectivity index (χ2n) is 12.8. The van der Waals surface area contributed by atoms with Crippen LogP contribution in [0, 0.1) is 0 Å². The number of benzene rings is 2. The van der Waals surface area contributed by atoms with Crippen LogP contribution < -0.4 is 14.9 Å². The lowest BCUT2D eigenvalue weighted by molar-refractivity contribution is -0.352. The maximum atomic E-state index is 14.2. The van der Waals surface area contributed by atoms with Gasteiger partial charge < -0.3 is 88.6 Å². The van der Waals surface area contributed by atoms with E-state index in [4.69, 9.17) is 37.6 Å². The van der Waals surface area contributed by atoms with Crippen LogP contribution in [0.5, 0.6) is 23.0 Å². The minimum atomic E-state index is -2.07. The van der Waals surface area contributed by atoms with Crippen molar-refractivity contribution in [3.8, 4) is 34.3 Å². The SMILES string of the molecule is COc1cc(O)c2c(=O)c(O[C@H]3[C@H](O[C@@H]4O[C@@H](C)[C@H](O)[C@@H](O)[C@H]4O)[C@@H](O)[C@H](O)O[C@@H]3CO[C@H]3C[C@@](O)(CO)[C@H](O)O3)c(-c3ccc(O)cc3)oc2c1. The van der Waals surface area contributed by atoms with Gasteiger partial charge in [-0.1, -0.05) is 0 Å². The number of methoxy groups -OCH3 is 1. The number of rotatable bonds is 10. The summed E-state index contributed by atoms with van der Waals surface area (Å²) >= 11 is 0. The number of ether oxygens (including phenoxy) is 7. The predicted molar refractivity (Wildman–Crippen MR) is 170 cm³/mol. The van der Waals surface area contributed by atoms with Crippen LogP contribution in [0.25, 0.3) is 22.3 Å². The zero-order chi connectivity index (χ0) is 37.6. The van der Waals surface area contributed by atoms with E-state index >= 15 is 0 Å². The van der Waals surface area contributed by atoms with Crippen molar-refractivity contribution < 1.29 is 88.6 Å². The molecule has 52 heavy (non-hydrogen) atoms. The lowest BCUT2D eigenvalue weighted by Gasteiger charge is -2.46. The molecule has 3 fully saturated rings. The van der Waals surface area contributed by atoms with Crippen molar-refractivity contribution in [2.24, 2.45) is 0 Å². The molecule has 0 unspecified atom stereocenters. The minimum absolute atomic E-state index is 0.128. The molecule has 4 heterocycles. The van der Waals surface area contributed by atoms with Crippen molar-refractivity contribution >= 4 is 11.0 Å². The summed E-state index contributed by atoms with van der Waals surface area (Å²) in [5.41, 5.74) is -2.96. The average Bonchev–Trinajstić information content (AvgIpc) is 3.41. The summed E-state index contributed by atoms with van der Waals surface area (Å²) in [5, 5.41) is 104. The molecule has 3 saturated heterocycles. The molecule has 19 nitrogen and oxygen atoms in total. The van der Waals surface area contributed by atoms with E-state index in [1.807, 2.05) is 0 Å². The summed E-state index contributed by atoms with van der Waals surface area (Å²) in [4.78, 5) is 14.2. The second kappa shape index (κ2) is 15.0. The molecule has 0 radical (unpaired) electrons. The number of phenols is 2. The fraction of sp³-hybridized carbons (Fsp3) is 0.545. The molecule has 0 spiro atoms. The van der Waals surface area contributed by atoms with Gasteiger partial charge in [0.05, 0.1) is 26.4 Å². The van der Waals surface area contributed by atoms with E-state index in [1.54, 1.807) is 0 Å². The molecule has 2 aromatic carbocycles. The standard InChI is InChI=1S/C33H40O19/c1-12-21(37)23(39)24(40)31(47-12)52-29-25(41)30(42)49-18(10-46-19-9-33(44,11-34)32(43)50-19)27(29)51-28-22(38)20-16(36)7-15(45-2)8-17(20)48-26(28)13-3-5-14(35)6-4-13/h3-8,12,18-19,21,23-25,27,29-32,34-37,39-44H,9-11H2,1-2H3/t12-,18+,19+,21-,23+,24+,25+,27+,29+,30+,31-,32+,33+/m0/s1. The van der Waals surface area contributed by atoms with E-state index in [0.29, 0.717) is 0 Å². The lowest BCUT2D eigenvalue weighted by atomic mass is 9.96. The molecule has 3 aliphatic heterocycles. The van der Waals surface area contributed by atoms with Gasteiger partial charge in [0.15, 0.2) is 37.0 Å². The normalized spacial score (nSPS) is 36.6. The number of hydrogen-bond donors (Lipinski definition) is 10. The highest BCUT2D eigenvalue weighted by Gasteiger charge is 2.53. The van der Waals surface area contributed by atoms with Crippen LogP contribution in [0.2, 0.25) is 0 Å². The summed E-state index contributed by atoms with van der Waals surface area (Å²) in [6, 6.07) is 7.87. The highest BCUT2D eigenvalue weighted by molar-refractivity contribution is 5.88. The molecule has 1 aromatic heterocycles. The Morgan fingerprint density at radius 2 is 1.62 bits per heavy atom. The maximum absolute atomic E-state index is 14.2. The number of aromatic hydroxyl groups is 2. The topological polar surface area (TPSA) is 297 Å². The fourth-order valence-corrected chi connectivity index (χ4v) is 6.19. The molecular weight excluding hydrogens is 700 g/mol. The van der Waals surface area contributed by atoms with E-state index < -0.39 is 116 Å². The third-order valence-electron chi connectivity index (χ3n) is 9.24. The van der Waals surface area contributed by atoms with Gasteiger partial charge in [-0.25, -0.2) is 0 Å². The summed E-state index contributed by atoms with van der Waals surface area (Å²) in [5.74, 6) is -1.38. The Balaban J connectivity index is 1.44. The molecule has 19 heteroatoms. The number of phenolic OH excluding ortho intramolecular Hbond substituents is 2. The molecule has 0 aliphatic carbocycles. The predicted octanol–water partition coefficient (Wildman–Crippen LogP) is -2.28. The van der Waals surface area contributed by atoms with Gasteiger partial charge in [0.25, 0.3) is 0 Å². The van der Waals surface area contributed by atoms with Crippen LogP contribution in [0.4, 0.5) is 0 Å². The van der Waals surface area contributed by atoms with Crippen LogP contribution in [-0.4, -0.2) is 151 Å². The van der Waals surface area contributed by atoms with Gasteiger partial charge in [0.1, 0.15) is 70.4 Å². The summed E-state index contributed by atoms with van der Waals surface area (Å²) in [7, 11) is 1.33. The highest BCUT2D eigenvalue weighted by Crippen LogP contribution is 2.39. The first-order valence-corrected chi connectivity index (χ1v) is 16.1. The van der Waals surface area contributed by atoms with Crippen LogP contribution in [0.3, 0.4) is 0 Å². The Hall–Kier alpha value is -3.67. The van der Waals surface area contributed by atoms with Crippen molar-refractivity contribution in [3.63, 3.8) is 0 Å². The molecule has 13 atom stereocenters. The summed E-state index contributed by atoms with van der Waals surface area (Å²) < 4.78 is 45.6. The molecule has 6 rings (SSSR count). The Morgan fingerprint density at radius 1 is 0.904 bits per heavy atom. The van der Waals surface area contributed by atoms with E-state index in [9.17, 15) is 55.9 Å². The molecular formula is C33H40O19. The Morgan fingerprint density at radius 3 is 2.27 bits per heavy atom. The fourth-order valence-electron chi connectivity index (χ4n) is 6.19. The van der Waals surface area contributed by atoms with Crippen LogP contribution in [0.1, 0.15) is 13.3 Å².